The summed E-state index contributed by atoms with van der Waals surface area (Å²) in [5.41, 5.74) is 3.83. The molecule has 0 aliphatic carbocycles. The molecule has 5 rings (SSSR count). The van der Waals surface area contributed by atoms with Crippen LogP contribution >= 0.6 is 23.1 Å². The van der Waals surface area contributed by atoms with E-state index in [0.29, 0.717) is 11.1 Å². The number of β-lactam (4-membered cyclic amide) rings is 1. The number of thioether (sulfide) groups is 1. The molecule has 1 amide bonds. The number of ether oxygens (including phenoxy) is 2. The molecule has 1 aromatic carbocycles. The van der Waals surface area contributed by atoms with Crippen LogP contribution in [-0.4, -0.2) is 62.4 Å². The van der Waals surface area contributed by atoms with Gasteiger partial charge in [0.05, 0.1) is 28.5 Å². The van der Waals surface area contributed by atoms with Gasteiger partial charge in [0, 0.05) is 17.7 Å². The summed E-state index contributed by atoms with van der Waals surface area (Å²) in [5.74, 6) is -2.48. The number of thiazole rings is 1. The topological polar surface area (TPSA) is 110 Å². The van der Waals surface area contributed by atoms with Crippen LogP contribution in [0.15, 0.2) is 35.4 Å². The lowest BCUT2D eigenvalue weighted by Crippen LogP contribution is -2.63. The summed E-state index contributed by atoms with van der Waals surface area (Å²) < 4.78 is 12.6. The summed E-state index contributed by atoms with van der Waals surface area (Å²) in [6.07, 6.45) is 4.70. The second-order valence-electron chi connectivity index (χ2n) is 9.83. The van der Waals surface area contributed by atoms with E-state index in [-0.39, 0.29) is 23.6 Å². The van der Waals surface area contributed by atoms with Crippen LogP contribution in [0.3, 0.4) is 0 Å². The fraction of sp³-hybridized carbons (Fsp3) is 0.407. The van der Waals surface area contributed by atoms with Crippen LogP contribution in [0.2, 0.25) is 0 Å². The molecule has 38 heavy (non-hydrogen) atoms. The molecule has 0 unspecified atom stereocenters. The molecule has 1 fully saturated rings. The summed E-state index contributed by atoms with van der Waals surface area (Å²) in [7, 11) is 0. The number of aromatic nitrogens is 2. The largest absolute Gasteiger partial charge is 0.424 e. The molecule has 0 bridgehead atoms. The van der Waals surface area contributed by atoms with Gasteiger partial charge in [-0.1, -0.05) is 24.6 Å². The third kappa shape index (κ3) is 4.13. The SMILES string of the molecule is CSc1ncn2cc(C3=C(C(=O)OCOC(=O)c4c(C)cc(C)cc4C)N4C(=O)[C@H]([C@@H](C)O)[C@H]4[C@H]3C)sc12. The number of aryl methyl sites for hydroxylation is 3. The molecule has 3 aromatic rings. The molecule has 2 aliphatic rings. The van der Waals surface area contributed by atoms with Crippen molar-refractivity contribution in [3.8, 4) is 0 Å². The summed E-state index contributed by atoms with van der Waals surface area (Å²) in [4.78, 5) is 46.8. The van der Waals surface area contributed by atoms with Crippen molar-refractivity contribution in [3.63, 3.8) is 0 Å². The molecule has 0 saturated carbocycles. The first kappa shape index (κ1) is 26.5. The lowest BCUT2D eigenvalue weighted by molar-refractivity contribution is -0.166. The zero-order valence-corrected chi connectivity index (χ0v) is 23.6. The highest BCUT2D eigenvalue weighted by Gasteiger charge is 2.60. The van der Waals surface area contributed by atoms with Gasteiger partial charge in [0.15, 0.2) is 0 Å². The number of benzene rings is 1. The highest BCUT2D eigenvalue weighted by molar-refractivity contribution is 7.98. The van der Waals surface area contributed by atoms with Crippen molar-refractivity contribution in [2.45, 2.75) is 51.8 Å². The Bertz CT molecular complexity index is 1480. The van der Waals surface area contributed by atoms with Gasteiger partial charge in [-0.15, -0.1) is 23.1 Å². The Kier molecular flexibility index (Phi) is 6.87. The van der Waals surface area contributed by atoms with Gasteiger partial charge < -0.3 is 19.5 Å². The van der Waals surface area contributed by atoms with Crippen LogP contribution in [0, 0.1) is 32.6 Å². The second-order valence-corrected chi connectivity index (χ2v) is 11.7. The minimum absolute atomic E-state index is 0.131. The quantitative estimate of drug-likeness (QED) is 0.202. The third-order valence-electron chi connectivity index (χ3n) is 7.27. The summed E-state index contributed by atoms with van der Waals surface area (Å²) in [6.45, 7) is 8.55. The minimum atomic E-state index is -0.851. The molecule has 200 valence electrons. The van der Waals surface area contributed by atoms with Crippen LogP contribution in [0.1, 0.15) is 45.8 Å². The standard InChI is InChI=1S/C27H29N3O6S2/c1-12-7-13(2)18(14(3)8-12)26(33)35-11-36-27(34)22-19(15(4)21-20(16(5)31)24(32)30(21)22)17-9-29-10-28-23(37-6)25(29)38-17/h7-10,15-16,20-21,31H,11H2,1-6H3/t15-,16+,20+,21+/m0/s1. The molecule has 2 aliphatic heterocycles. The smallest absolute Gasteiger partial charge is 0.358 e. The van der Waals surface area contributed by atoms with Crippen molar-refractivity contribution < 1.29 is 29.0 Å². The van der Waals surface area contributed by atoms with Crippen LogP contribution in [0.5, 0.6) is 0 Å². The Morgan fingerprint density at radius 2 is 1.84 bits per heavy atom. The van der Waals surface area contributed by atoms with Crippen molar-refractivity contribution in [1.82, 2.24) is 14.3 Å². The number of imidazole rings is 1. The van der Waals surface area contributed by atoms with Crippen LogP contribution < -0.4 is 0 Å². The molecular weight excluding hydrogens is 526 g/mol. The molecule has 0 spiro atoms. The van der Waals surface area contributed by atoms with E-state index in [0.717, 1.165) is 31.4 Å². The Morgan fingerprint density at radius 3 is 2.47 bits per heavy atom. The Balaban J connectivity index is 1.43. The lowest BCUT2D eigenvalue weighted by atomic mass is 9.77. The van der Waals surface area contributed by atoms with Gasteiger partial charge in [-0.25, -0.2) is 14.6 Å². The van der Waals surface area contributed by atoms with E-state index < -0.39 is 30.8 Å². The first-order valence-corrected chi connectivity index (χ1v) is 14.3. The van der Waals surface area contributed by atoms with Gasteiger partial charge in [0.1, 0.15) is 21.9 Å². The first-order valence-electron chi connectivity index (χ1n) is 12.2. The maximum Gasteiger partial charge on any atom is 0.358 e. The fourth-order valence-electron chi connectivity index (χ4n) is 5.70. The molecule has 4 heterocycles. The van der Waals surface area contributed by atoms with E-state index in [4.69, 9.17) is 9.47 Å². The average molecular weight is 556 g/mol. The van der Waals surface area contributed by atoms with Gasteiger partial charge in [0.2, 0.25) is 12.7 Å². The maximum atomic E-state index is 13.4. The monoisotopic (exact) mass is 555 g/mol. The van der Waals surface area contributed by atoms with E-state index in [1.807, 2.05) is 56.7 Å². The number of nitrogens with zero attached hydrogens (tertiary/aromatic N) is 3. The molecule has 4 atom stereocenters. The van der Waals surface area contributed by atoms with Gasteiger partial charge in [-0.2, -0.15) is 0 Å². The van der Waals surface area contributed by atoms with Crippen molar-refractivity contribution in [2.75, 3.05) is 13.0 Å². The van der Waals surface area contributed by atoms with E-state index >= 15 is 0 Å². The molecule has 9 nitrogen and oxygen atoms in total. The van der Waals surface area contributed by atoms with E-state index in [2.05, 4.69) is 4.98 Å². The predicted octanol–water partition coefficient (Wildman–Crippen LogP) is 3.97. The maximum absolute atomic E-state index is 13.4. The summed E-state index contributed by atoms with van der Waals surface area (Å²) in [5, 5.41) is 11.1. The number of carbonyl (C=O) groups excluding carboxylic acids is 3. The predicted molar refractivity (Wildman–Crippen MR) is 144 cm³/mol. The Morgan fingerprint density at radius 1 is 1.18 bits per heavy atom. The summed E-state index contributed by atoms with van der Waals surface area (Å²) >= 11 is 3.00. The number of esters is 2. The molecule has 1 saturated heterocycles. The molecule has 0 radical (unpaired) electrons. The summed E-state index contributed by atoms with van der Waals surface area (Å²) in [6, 6.07) is 3.42. The van der Waals surface area contributed by atoms with Crippen molar-refractivity contribution in [1.29, 1.82) is 0 Å². The van der Waals surface area contributed by atoms with Crippen LogP contribution in [0.25, 0.3) is 10.4 Å². The minimum Gasteiger partial charge on any atom is -0.424 e. The van der Waals surface area contributed by atoms with Crippen molar-refractivity contribution in [2.24, 2.45) is 11.8 Å². The molecule has 11 heteroatoms. The number of amides is 1. The Labute approximate surface area is 228 Å². The van der Waals surface area contributed by atoms with Gasteiger partial charge in [0.25, 0.3) is 0 Å². The first-order chi connectivity index (χ1) is 18.0. The van der Waals surface area contributed by atoms with Gasteiger partial charge >= 0.3 is 11.9 Å². The number of hydrogen-bond acceptors (Lipinski definition) is 9. The highest BCUT2D eigenvalue weighted by Crippen LogP contribution is 2.52. The second kappa shape index (κ2) is 9.87. The third-order valence-corrected chi connectivity index (χ3v) is 9.22. The van der Waals surface area contributed by atoms with Gasteiger partial charge in [-0.3, -0.25) is 9.20 Å². The average Bonchev–Trinajstić information content (AvgIpc) is 3.47. The molecule has 2 aromatic heterocycles. The number of hydrogen-bond donors (Lipinski definition) is 1. The van der Waals surface area contributed by atoms with Crippen molar-refractivity contribution >= 4 is 51.3 Å². The number of rotatable bonds is 7. The Hall–Kier alpha value is -3.15. The number of carbonyl (C=O) groups is 3. The van der Waals surface area contributed by atoms with E-state index in [9.17, 15) is 19.5 Å². The number of fused-ring (bicyclic) bond motifs is 2. The molecule has 1 N–H and O–H groups in total. The number of aliphatic hydroxyl groups excluding tert-OH is 1. The highest BCUT2D eigenvalue weighted by atomic mass is 32.2. The van der Waals surface area contributed by atoms with Gasteiger partial charge in [-0.05, 0) is 45.1 Å². The normalized spacial score (nSPS) is 21.5. The van der Waals surface area contributed by atoms with E-state index in [1.165, 1.54) is 28.0 Å². The van der Waals surface area contributed by atoms with Crippen LogP contribution in [-0.2, 0) is 19.1 Å². The fourth-order valence-corrected chi connectivity index (χ4v) is 7.62. The van der Waals surface area contributed by atoms with Crippen molar-refractivity contribution in [3.05, 3.63) is 57.5 Å². The number of aliphatic hydroxyl groups is 1. The van der Waals surface area contributed by atoms with Crippen LogP contribution in [0.4, 0.5) is 0 Å². The zero-order chi connectivity index (χ0) is 27.5. The van der Waals surface area contributed by atoms with E-state index in [1.54, 1.807) is 13.3 Å². The molecular formula is C27H29N3O6S2. The lowest BCUT2D eigenvalue weighted by Gasteiger charge is -2.46. The zero-order valence-electron chi connectivity index (χ0n) is 22.0.